The quantitative estimate of drug-likeness (QED) is 0.129. The van der Waals surface area contributed by atoms with E-state index in [0.29, 0.717) is 17.1 Å². The highest BCUT2D eigenvalue weighted by Gasteiger charge is 2.26. The molecule has 3 aromatic rings. The van der Waals surface area contributed by atoms with Crippen LogP contribution in [-0.4, -0.2) is 28.5 Å². The number of benzene rings is 2. The monoisotopic (exact) mass is 435 g/mol. The Kier molecular flexibility index (Phi) is 7.40. The number of aliphatic hydroxyl groups is 1. The van der Waals surface area contributed by atoms with Gasteiger partial charge in [-0.25, -0.2) is 14.8 Å². The molecule has 0 saturated carbocycles. The average molecular weight is 436 g/mol. The lowest BCUT2D eigenvalue weighted by Gasteiger charge is -2.16. The number of aromatic nitrogens is 1. The Hall–Kier alpha value is -3.64. The Morgan fingerprint density at radius 2 is 1.71 bits per heavy atom. The number of carbonyl (C=O) groups is 1. The van der Waals surface area contributed by atoms with Crippen LogP contribution in [-0.2, 0) is 9.53 Å². The first kappa shape index (κ1) is 22.1. The van der Waals surface area contributed by atoms with Gasteiger partial charge >= 0.3 is 5.97 Å². The summed E-state index contributed by atoms with van der Waals surface area (Å²) in [5.74, 6) is -1.01. The Morgan fingerprint density at radius 1 is 1.06 bits per heavy atom. The minimum absolute atomic E-state index is 0.0677. The first-order chi connectivity index (χ1) is 15.0. The molecule has 3 rings (SSSR count). The molecular formula is C24H22ClN3O3. The number of esters is 1. The molecule has 158 valence electrons. The predicted molar refractivity (Wildman–Crippen MR) is 124 cm³/mol. The topological polar surface area (TPSA) is 83.8 Å². The molecule has 0 saturated heterocycles. The fourth-order valence-electron chi connectivity index (χ4n) is 2.78. The Balaban J connectivity index is 2.21. The highest BCUT2D eigenvalue weighted by Crippen LogP contribution is 2.26. The molecule has 2 N–H and O–H groups in total. The molecule has 0 aliphatic heterocycles. The number of pyridine rings is 1. The number of ether oxygens (including phenoxy) is 1. The number of aryl methyl sites for hydroxylation is 1. The maximum absolute atomic E-state index is 12.9. The number of nitrogens with one attached hydrogen (secondary N) is 1. The highest BCUT2D eigenvalue weighted by molar-refractivity contribution is 6.33. The van der Waals surface area contributed by atoms with E-state index in [1.807, 2.05) is 48.5 Å². The van der Waals surface area contributed by atoms with Gasteiger partial charge in [-0.05, 0) is 50.2 Å². The second-order valence-electron chi connectivity index (χ2n) is 6.52. The Morgan fingerprint density at radius 3 is 2.32 bits per heavy atom. The molecule has 0 bridgehead atoms. The summed E-state index contributed by atoms with van der Waals surface area (Å²) in [6.45, 7) is 3.59. The molecule has 31 heavy (non-hydrogen) atoms. The summed E-state index contributed by atoms with van der Waals surface area (Å²) in [4.78, 5) is 21.7. The lowest BCUT2D eigenvalue weighted by molar-refractivity contribution is -0.137. The fraction of sp³-hybridized carbons (Fsp3) is 0.125. The van der Waals surface area contributed by atoms with E-state index in [1.54, 1.807) is 38.1 Å². The number of anilines is 1. The van der Waals surface area contributed by atoms with Gasteiger partial charge in [-0.3, -0.25) is 0 Å². The molecule has 1 aromatic heterocycles. The zero-order valence-electron chi connectivity index (χ0n) is 17.2. The van der Waals surface area contributed by atoms with E-state index in [1.165, 1.54) is 0 Å². The van der Waals surface area contributed by atoms with E-state index in [9.17, 15) is 9.90 Å². The lowest BCUT2D eigenvalue weighted by Crippen LogP contribution is -2.24. The van der Waals surface area contributed by atoms with Crippen molar-refractivity contribution >= 4 is 40.5 Å². The van der Waals surface area contributed by atoms with E-state index in [2.05, 4.69) is 15.3 Å². The van der Waals surface area contributed by atoms with Crippen LogP contribution in [0.25, 0.3) is 5.76 Å². The summed E-state index contributed by atoms with van der Waals surface area (Å²) in [6.07, 6.45) is 0. The van der Waals surface area contributed by atoms with Gasteiger partial charge in [0.15, 0.2) is 0 Å². The predicted octanol–water partition coefficient (Wildman–Crippen LogP) is 5.72. The number of carbonyl (C=O) groups excluding carboxylic acids is 1. The zero-order chi connectivity index (χ0) is 22.2. The number of aliphatic imine (C=N–C) groups is 1. The maximum Gasteiger partial charge on any atom is 0.345 e. The third-order valence-electron chi connectivity index (χ3n) is 4.23. The van der Waals surface area contributed by atoms with E-state index in [0.717, 1.165) is 0 Å². The first-order valence-corrected chi connectivity index (χ1v) is 10.1. The van der Waals surface area contributed by atoms with Crippen LogP contribution in [0, 0.1) is 6.92 Å². The van der Waals surface area contributed by atoms with Crippen LogP contribution in [0.5, 0.6) is 0 Å². The molecule has 1 heterocycles. The van der Waals surface area contributed by atoms with Crippen molar-refractivity contribution in [2.24, 2.45) is 4.99 Å². The van der Waals surface area contributed by atoms with Crippen LogP contribution in [0.1, 0.15) is 18.2 Å². The van der Waals surface area contributed by atoms with Gasteiger partial charge in [-0.2, -0.15) is 0 Å². The molecule has 0 aliphatic carbocycles. The average Bonchev–Trinajstić information content (AvgIpc) is 2.75. The van der Waals surface area contributed by atoms with Crippen molar-refractivity contribution in [3.63, 3.8) is 0 Å². The van der Waals surface area contributed by atoms with E-state index in [-0.39, 0.29) is 34.5 Å². The number of rotatable bonds is 6. The van der Waals surface area contributed by atoms with E-state index in [4.69, 9.17) is 16.3 Å². The first-order valence-electron chi connectivity index (χ1n) is 9.69. The number of para-hydroxylation sites is 2. The number of amidine groups is 1. The molecule has 0 unspecified atom stereocenters. The molecule has 6 nitrogen and oxygen atoms in total. The van der Waals surface area contributed by atoms with Crippen LogP contribution in [0.2, 0.25) is 5.15 Å². The van der Waals surface area contributed by atoms with Gasteiger partial charge in [0.05, 0.1) is 17.9 Å². The van der Waals surface area contributed by atoms with Crippen LogP contribution in [0.4, 0.5) is 11.4 Å². The van der Waals surface area contributed by atoms with Crippen molar-refractivity contribution in [1.29, 1.82) is 0 Å². The molecule has 0 atom stereocenters. The molecule has 0 amide bonds. The van der Waals surface area contributed by atoms with E-state index < -0.39 is 5.97 Å². The van der Waals surface area contributed by atoms with Crippen LogP contribution in [0.3, 0.4) is 0 Å². The molecule has 0 fully saturated rings. The lowest BCUT2D eigenvalue weighted by atomic mass is 10.1. The van der Waals surface area contributed by atoms with Crippen molar-refractivity contribution < 1.29 is 14.6 Å². The van der Waals surface area contributed by atoms with Crippen LogP contribution in [0.15, 0.2) is 83.4 Å². The van der Waals surface area contributed by atoms with Crippen molar-refractivity contribution in [3.8, 4) is 0 Å². The highest BCUT2D eigenvalue weighted by atomic mass is 35.5. The van der Waals surface area contributed by atoms with Crippen molar-refractivity contribution in [1.82, 2.24) is 4.98 Å². The smallest absolute Gasteiger partial charge is 0.345 e. The van der Waals surface area contributed by atoms with Gasteiger partial charge in [-0.15, -0.1) is 0 Å². The van der Waals surface area contributed by atoms with Gasteiger partial charge in [0.25, 0.3) is 0 Å². The minimum Gasteiger partial charge on any atom is -0.506 e. The summed E-state index contributed by atoms with van der Waals surface area (Å²) >= 11 is 6.26. The number of nitrogens with zero attached hydrogens (tertiary/aromatic N) is 2. The molecular weight excluding hydrogens is 414 g/mol. The Labute approximate surface area is 185 Å². The molecule has 7 heteroatoms. The van der Waals surface area contributed by atoms with Gasteiger partial charge in [-0.1, -0.05) is 48.0 Å². The summed E-state index contributed by atoms with van der Waals surface area (Å²) in [6, 6.07) is 21.6. The second-order valence-corrected chi connectivity index (χ2v) is 6.88. The summed E-state index contributed by atoms with van der Waals surface area (Å²) in [5.41, 5.74) is 2.00. The summed E-state index contributed by atoms with van der Waals surface area (Å²) in [5, 5.41) is 14.3. The minimum atomic E-state index is -0.741. The van der Waals surface area contributed by atoms with Gasteiger partial charge in [0.2, 0.25) is 0 Å². The summed E-state index contributed by atoms with van der Waals surface area (Å²) < 4.78 is 5.23. The third-order valence-corrected chi connectivity index (χ3v) is 4.52. The number of halogens is 1. The van der Waals surface area contributed by atoms with E-state index >= 15 is 0 Å². The molecule has 0 spiro atoms. The molecule has 2 aromatic carbocycles. The van der Waals surface area contributed by atoms with Crippen LogP contribution >= 0.6 is 11.6 Å². The molecule has 0 aliphatic rings. The fourth-order valence-corrected chi connectivity index (χ4v) is 3.07. The largest absolute Gasteiger partial charge is 0.506 e. The van der Waals surface area contributed by atoms with Crippen LogP contribution < -0.4 is 5.32 Å². The number of aliphatic hydroxyl groups excluding tert-OH is 1. The van der Waals surface area contributed by atoms with Gasteiger partial charge in [0.1, 0.15) is 22.3 Å². The van der Waals surface area contributed by atoms with Crippen molar-refractivity contribution in [2.45, 2.75) is 13.8 Å². The SMILES string of the molecule is CCOC(=O)/C(C(=Nc1ccccc1)Nc1ccccc1)=C(\O)c1ccc(C)nc1Cl. The number of hydrogen-bond donors (Lipinski definition) is 2. The van der Waals surface area contributed by atoms with Crippen molar-refractivity contribution in [2.75, 3.05) is 11.9 Å². The number of hydrogen-bond acceptors (Lipinski definition) is 5. The van der Waals surface area contributed by atoms with Gasteiger partial charge < -0.3 is 15.2 Å². The third kappa shape index (κ3) is 5.71. The second kappa shape index (κ2) is 10.4. The molecule has 0 radical (unpaired) electrons. The maximum atomic E-state index is 12.9. The van der Waals surface area contributed by atoms with Gasteiger partial charge in [0, 0.05) is 11.4 Å². The van der Waals surface area contributed by atoms with Crippen molar-refractivity contribution in [3.05, 3.63) is 94.8 Å². The summed E-state index contributed by atoms with van der Waals surface area (Å²) in [7, 11) is 0. The standard InChI is InChI=1S/C24H22ClN3O3/c1-3-31-24(30)20(21(29)19-15-14-16(2)26-22(19)25)23(27-17-10-6-4-7-11-17)28-18-12-8-5-9-13-18/h4-15,29H,3H2,1-2H3,(H,27,28)/b21-20-. The zero-order valence-corrected chi connectivity index (χ0v) is 17.9. The Bertz CT molecular complexity index is 1110. The normalized spacial score (nSPS) is 12.2.